The maximum Gasteiger partial charge on any atom is 0.345 e. The van der Waals surface area contributed by atoms with Gasteiger partial charge in [-0.2, -0.15) is 5.10 Å². The third kappa shape index (κ3) is 5.93. The molecule has 0 heterocycles. The first-order valence-electron chi connectivity index (χ1n) is 9.21. The SMILES string of the molecule is Cc1ccccc1NCC(=O)NN=Cc1ccc(OC(=O)c2ccccc2Cl)cc1. The zero-order valence-electron chi connectivity index (χ0n) is 16.3. The van der Waals surface area contributed by atoms with E-state index in [0.717, 1.165) is 16.8 Å². The van der Waals surface area contributed by atoms with Gasteiger partial charge in [0.05, 0.1) is 23.3 Å². The van der Waals surface area contributed by atoms with Gasteiger partial charge in [0.15, 0.2) is 0 Å². The standard InChI is InChI=1S/C23H20ClN3O3/c1-16-6-2-5-9-21(16)25-15-22(28)27-26-14-17-10-12-18(13-11-17)30-23(29)19-7-3-4-8-20(19)24/h2-14,25H,15H2,1H3,(H,27,28). The minimum atomic E-state index is -0.532. The predicted octanol–water partition coefficient (Wildman–Crippen LogP) is 4.43. The van der Waals surface area contributed by atoms with E-state index >= 15 is 0 Å². The number of anilines is 1. The molecule has 7 heteroatoms. The minimum Gasteiger partial charge on any atom is -0.423 e. The number of carbonyl (C=O) groups is 2. The van der Waals surface area contributed by atoms with Crippen LogP contribution in [0.3, 0.4) is 0 Å². The van der Waals surface area contributed by atoms with Crippen LogP contribution in [0.2, 0.25) is 5.02 Å². The molecule has 30 heavy (non-hydrogen) atoms. The number of ether oxygens (including phenoxy) is 1. The average Bonchev–Trinajstić information content (AvgIpc) is 2.74. The highest BCUT2D eigenvalue weighted by Crippen LogP contribution is 2.19. The number of halogens is 1. The van der Waals surface area contributed by atoms with Gasteiger partial charge in [-0.15, -0.1) is 0 Å². The van der Waals surface area contributed by atoms with E-state index in [2.05, 4.69) is 15.8 Å². The second-order valence-corrected chi connectivity index (χ2v) is 6.81. The molecule has 3 aromatic rings. The van der Waals surface area contributed by atoms with Gasteiger partial charge in [0.25, 0.3) is 5.91 Å². The lowest BCUT2D eigenvalue weighted by molar-refractivity contribution is -0.119. The topological polar surface area (TPSA) is 79.8 Å². The molecular formula is C23H20ClN3O3. The normalized spacial score (nSPS) is 10.6. The Morgan fingerprint density at radius 1 is 1.00 bits per heavy atom. The van der Waals surface area contributed by atoms with Gasteiger partial charge in [-0.25, -0.2) is 10.2 Å². The summed E-state index contributed by atoms with van der Waals surface area (Å²) in [5, 5.41) is 7.33. The zero-order valence-corrected chi connectivity index (χ0v) is 17.0. The van der Waals surface area contributed by atoms with E-state index in [4.69, 9.17) is 16.3 Å². The summed E-state index contributed by atoms with van der Waals surface area (Å²) in [5.74, 6) is -0.418. The van der Waals surface area contributed by atoms with Crippen LogP contribution in [-0.2, 0) is 4.79 Å². The molecule has 0 unspecified atom stereocenters. The van der Waals surface area contributed by atoms with Crippen LogP contribution in [0.1, 0.15) is 21.5 Å². The van der Waals surface area contributed by atoms with Crippen molar-refractivity contribution in [3.05, 3.63) is 94.5 Å². The van der Waals surface area contributed by atoms with Crippen molar-refractivity contribution in [3.8, 4) is 5.75 Å². The molecule has 0 bridgehead atoms. The first kappa shape index (κ1) is 21.1. The Kier molecular flexibility index (Phi) is 7.19. The van der Waals surface area contributed by atoms with Gasteiger partial charge in [-0.1, -0.05) is 41.9 Å². The number of benzene rings is 3. The lowest BCUT2D eigenvalue weighted by atomic mass is 10.2. The number of rotatable bonds is 7. The third-order valence-electron chi connectivity index (χ3n) is 4.17. The van der Waals surface area contributed by atoms with E-state index in [-0.39, 0.29) is 12.5 Å². The number of amides is 1. The van der Waals surface area contributed by atoms with Crippen LogP contribution in [0, 0.1) is 6.92 Å². The summed E-state index contributed by atoms with van der Waals surface area (Å²) >= 11 is 6.00. The molecule has 0 aromatic heterocycles. The van der Waals surface area contributed by atoms with Crippen molar-refractivity contribution >= 4 is 35.4 Å². The van der Waals surface area contributed by atoms with E-state index in [0.29, 0.717) is 16.3 Å². The van der Waals surface area contributed by atoms with Crippen LogP contribution >= 0.6 is 11.6 Å². The Morgan fingerprint density at radius 2 is 1.70 bits per heavy atom. The highest BCUT2D eigenvalue weighted by atomic mass is 35.5. The number of nitrogens with zero attached hydrogens (tertiary/aromatic N) is 1. The number of carbonyl (C=O) groups excluding carboxylic acids is 2. The highest BCUT2D eigenvalue weighted by Gasteiger charge is 2.11. The van der Waals surface area contributed by atoms with E-state index in [1.54, 1.807) is 48.5 Å². The van der Waals surface area contributed by atoms with Crippen molar-refractivity contribution in [1.82, 2.24) is 5.43 Å². The number of hydrazone groups is 1. The molecule has 3 aromatic carbocycles. The zero-order chi connectivity index (χ0) is 21.3. The van der Waals surface area contributed by atoms with E-state index in [9.17, 15) is 9.59 Å². The van der Waals surface area contributed by atoms with E-state index in [1.807, 2.05) is 31.2 Å². The van der Waals surface area contributed by atoms with Gasteiger partial charge in [-0.3, -0.25) is 4.79 Å². The summed E-state index contributed by atoms with van der Waals surface area (Å²) in [6, 6.07) is 21.1. The lowest BCUT2D eigenvalue weighted by Crippen LogP contribution is -2.26. The molecule has 0 aliphatic carbocycles. The smallest absolute Gasteiger partial charge is 0.345 e. The molecule has 2 N–H and O–H groups in total. The monoisotopic (exact) mass is 421 g/mol. The predicted molar refractivity (Wildman–Crippen MR) is 118 cm³/mol. The molecule has 152 valence electrons. The second kappa shape index (κ2) is 10.2. The lowest BCUT2D eigenvalue weighted by Gasteiger charge is -2.07. The van der Waals surface area contributed by atoms with Crippen LogP contribution in [0.4, 0.5) is 5.69 Å². The Bertz CT molecular complexity index is 1070. The van der Waals surface area contributed by atoms with Crippen LogP contribution < -0.4 is 15.5 Å². The second-order valence-electron chi connectivity index (χ2n) is 6.40. The average molecular weight is 422 g/mol. The molecule has 0 saturated heterocycles. The number of para-hydroxylation sites is 1. The van der Waals surface area contributed by atoms with Gasteiger partial charge in [-0.05, 0) is 60.5 Å². The number of hydrogen-bond donors (Lipinski definition) is 2. The summed E-state index contributed by atoms with van der Waals surface area (Å²) in [6.07, 6.45) is 1.51. The quantitative estimate of drug-likeness (QED) is 0.256. The molecule has 0 fully saturated rings. The van der Waals surface area contributed by atoms with Crippen molar-refractivity contribution in [3.63, 3.8) is 0 Å². The Labute approximate surface area is 179 Å². The van der Waals surface area contributed by atoms with Gasteiger partial charge >= 0.3 is 5.97 Å². The van der Waals surface area contributed by atoms with Crippen molar-refractivity contribution in [1.29, 1.82) is 0 Å². The number of esters is 1. The van der Waals surface area contributed by atoms with Gasteiger partial charge in [0.1, 0.15) is 5.75 Å². The fraction of sp³-hybridized carbons (Fsp3) is 0.0870. The Balaban J connectivity index is 1.48. The summed E-state index contributed by atoms with van der Waals surface area (Å²) in [7, 11) is 0. The summed E-state index contributed by atoms with van der Waals surface area (Å²) in [6.45, 7) is 2.08. The maximum atomic E-state index is 12.2. The van der Waals surface area contributed by atoms with Crippen LogP contribution in [0.5, 0.6) is 5.75 Å². The first-order chi connectivity index (χ1) is 14.5. The van der Waals surface area contributed by atoms with E-state index < -0.39 is 5.97 Å². The number of hydrogen-bond acceptors (Lipinski definition) is 5. The summed E-state index contributed by atoms with van der Waals surface area (Å²) in [5.41, 5.74) is 5.46. The van der Waals surface area contributed by atoms with Gasteiger partial charge in [0.2, 0.25) is 0 Å². The van der Waals surface area contributed by atoms with Gasteiger partial charge < -0.3 is 10.1 Å². The molecule has 0 atom stereocenters. The number of aryl methyl sites for hydroxylation is 1. The van der Waals surface area contributed by atoms with Crippen molar-refractivity contribution < 1.29 is 14.3 Å². The first-order valence-corrected chi connectivity index (χ1v) is 9.59. The van der Waals surface area contributed by atoms with Crippen molar-refractivity contribution in [2.24, 2.45) is 5.10 Å². The molecular weight excluding hydrogens is 402 g/mol. The van der Waals surface area contributed by atoms with Crippen molar-refractivity contribution in [2.75, 3.05) is 11.9 Å². The highest BCUT2D eigenvalue weighted by molar-refractivity contribution is 6.33. The summed E-state index contributed by atoms with van der Waals surface area (Å²) in [4.78, 5) is 24.1. The third-order valence-corrected chi connectivity index (χ3v) is 4.50. The minimum absolute atomic E-state index is 0.110. The molecule has 0 spiro atoms. The Morgan fingerprint density at radius 3 is 2.43 bits per heavy atom. The molecule has 3 rings (SSSR count). The molecule has 0 aliphatic heterocycles. The molecule has 0 radical (unpaired) electrons. The van der Waals surface area contributed by atoms with Gasteiger partial charge in [0, 0.05) is 5.69 Å². The molecule has 0 aliphatic rings. The van der Waals surface area contributed by atoms with Crippen LogP contribution in [0.25, 0.3) is 0 Å². The molecule has 1 amide bonds. The van der Waals surface area contributed by atoms with Crippen LogP contribution in [-0.4, -0.2) is 24.6 Å². The van der Waals surface area contributed by atoms with E-state index in [1.165, 1.54) is 6.21 Å². The molecule has 6 nitrogen and oxygen atoms in total. The van der Waals surface area contributed by atoms with Crippen LogP contribution in [0.15, 0.2) is 77.9 Å². The maximum absolute atomic E-state index is 12.2. The molecule has 0 saturated carbocycles. The fourth-order valence-corrected chi connectivity index (χ4v) is 2.79. The Hall–Kier alpha value is -3.64. The number of nitrogens with one attached hydrogen (secondary N) is 2. The summed E-state index contributed by atoms with van der Waals surface area (Å²) < 4.78 is 5.32. The fourth-order valence-electron chi connectivity index (χ4n) is 2.58. The van der Waals surface area contributed by atoms with Crippen molar-refractivity contribution in [2.45, 2.75) is 6.92 Å². The largest absolute Gasteiger partial charge is 0.423 e.